The Morgan fingerprint density at radius 1 is 0.241 bits per heavy atom. The lowest BCUT2D eigenvalue weighted by Crippen LogP contribution is -1.94. The molecule has 270 valence electrons. The van der Waals surface area contributed by atoms with E-state index in [0.717, 1.165) is 5.69 Å². The normalized spacial score (nSPS) is 12.1. The molecule has 0 saturated carbocycles. The van der Waals surface area contributed by atoms with Crippen LogP contribution in [0.25, 0.3) is 118 Å². The Hall–Kier alpha value is -6.98. The summed E-state index contributed by atoms with van der Waals surface area (Å²) in [6.45, 7) is 0. The number of fused-ring (bicyclic) bond motifs is 12. The summed E-state index contributed by atoms with van der Waals surface area (Å²) in [7, 11) is 0. The van der Waals surface area contributed by atoms with E-state index in [1.165, 1.54) is 112 Å². The third kappa shape index (κ3) is 4.70. The van der Waals surface area contributed by atoms with Gasteiger partial charge in [0, 0.05) is 73.3 Å². The fraction of sp³-hybridized carbons (Fsp3) is 0. The summed E-state index contributed by atoms with van der Waals surface area (Å²) in [6.07, 6.45) is 0. The van der Waals surface area contributed by atoms with Crippen molar-refractivity contribution in [1.82, 2.24) is 9.13 Å². The van der Waals surface area contributed by atoms with E-state index in [9.17, 15) is 0 Å². The molecule has 0 spiro atoms. The predicted molar refractivity (Wildman–Crippen MR) is 252 cm³/mol. The standard InChI is InChI=1S/C54H32N2S2/c1-5-16-47-39(12-1)44-29-34(21-25-49(44)55(47)37-11-9-10-33(28-37)36-20-24-43-41-14-3-7-18-51(41)58-54(43)31-36)35-22-26-50-45(30-35)40-13-2-6-17-48(40)56(50)38-23-27-53-46(32-38)42-15-4-8-19-52(42)57-53/h1-32H. The molecule has 13 rings (SSSR count). The quantitative estimate of drug-likeness (QED) is 0.169. The minimum Gasteiger partial charge on any atom is -0.309 e. The predicted octanol–water partition coefficient (Wildman–Crippen LogP) is 16.0. The van der Waals surface area contributed by atoms with Gasteiger partial charge in [0.05, 0.1) is 22.1 Å². The van der Waals surface area contributed by atoms with Crippen molar-refractivity contribution in [3.63, 3.8) is 0 Å². The van der Waals surface area contributed by atoms with Crippen LogP contribution in [0.15, 0.2) is 194 Å². The van der Waals surface area contributed by atoms with Gasteiger partial charge in [-0.15, -0.1) is 22.7 Å². The molecule has 0 N–H and O–H groups in total. The topological polar surface area (TPSA) is 9.86 Å². The number of aromatic nitrogens is 2. The van der Waals surface area contributed by atoms with Gasteiger partial charge in [-0.25, -0.2) is 0 Å². The fourth-order valence-electron chi connectivity index (χ4n) is 9.44. The highest BCUT2D eigenvalue weighted by atomic mass is 32.1. The Balaban J connectivity index is 0.936. The summed E-state index contributed by atoms with van der Waals surface area (Å²) in [5.41, 5.74) is 12.1. The van der Waals surface area contributed by atoms with Crippen molar-refractivity contribution in [2.45, 2.75) is 0 Å². The maximum atomic E-state index is 2.44. The van der Waals surface area contributed by atoms with Gasteiger partial charge in [0.1, 0.15) is 0 Å². The number of para-hydroxylation sites is 2. The molecule has 0 fully saturated rings. The van der Waals surface area contributed by atoms with E-state index in [2.05, 4.69) is 203 Å². The van der Waals surface area contributed by atoms with Crippen molar-refractivity contribution in [3.05, 3.63) is 194 Å². The van der Waals surface area contributed by atoms with Crippen molar-refractivity contribution in [1.29, 1.82) is 0 Å². The minimum atomic E-state index is 1.16. The van der Waals surface area contributed by atoms with Gasteiger partial charge in [0.25, 0.3) is 0 Å². The third-order valence-electron chi connectivity index (χ3n) is 12.1. The lowest BCUT2D eigenvalue weighted by atomic mass is 10.0. The van der Waals surface area contributed by atoms with Gasteiger partial charge in [0.15, 0.2) is 0 Å². The van der Waals surface area contributed by atoms with Crippen LogP contribution in [0.4, 0.5) is 0 Å². The van der Waals surface area contributed by atoms with Crippen LogP contribution in [0.1, 0.15) is 0 Å². The highest BCUT2D eigenvalue weighted by molar-refractivity contribution is 7.26. The van der Waals surface area contributed by atoms with Crippen molar-refractivity contribution >= 4 is 107 Å². The van der Waals surface area contributed by atoms with Crippen molar-refractivity contribution in [2.75, 3.05) is 0 Å². The van der Waals surface area contributed by atoms with Gasteiger partial charge in [-0.05, 0) is 107 Å². The molecular formula is C54H32N2S2. The van der Waals surface area contributed by atoms with Crippen LogP contribution < -0.4 is 0 Å². The first kappa shape index (κ1) is 32.1. The van der Waals surface area contributed by atoms with Gasteiger partial charge in [-0.2, -0.15) is 0 Å². The summed E-state index contributed by atoms with van der Waals surface area (Å²) in [4.78, 5) is 0. The lowest BCUT2D eigenvalue weighted by Gasteiger charge is -2.11. The average molecular weight is 773 g/mol. The van der Waals surface area contributed by atoms with Crippen LogP contribution in [0.5, 0.6) is 0 Å². The molecule has 4 aromatic heterocycles. The summed E-state index contributed by atoms with van der Waals surface area (Å²) in [6, 6.07) is 72.0. The molecule has 0 aliphatic rings. The number of rotatable bonds is 4. The van der Waals surface area contributed by atoms with Gasteiger partial charge in [-0.1, -0.05) is 109 Å². The molecule has 0 bridgehead atoms. The highest BCUT2D eigenvalue weighted by Gasteiger charge is 2.17. The van der Waals surface area contributed by atoms with E-state index in [4.69, 9.17) is 0 Å². The lowest BCUT2D eigenvalue weighted by molar-refractivity contribution is 1.18. The SMILES string of the molecule is c1cc(-c2ccc3c(c2)sc2ccccc23)cc(-n2c3ccccc3c3cc(-c4ccc5c(c4)c4ccccc4n5-c4ccc5sc6ccccc6c5c4)ccc32)c1. The maximum Gasteiger partial charge on any atom is 0.0541 e. The average Bonchev–Trinajstić information content (AvgIpc) is 4.03. The molecule has 13 aromatic rings. The largest absolute Gasteiger partial charge is 0.309 e. The van der Waals surface area contributed by atoms with Crippen molar-refractivity contribution in [2.24, 2.45) is 0 Å². The molecule has 58 heavy (non-hydrogen) atoms. The van der Waals surface area contributed by atoms with Gasteiger partial charge in [-0.3, -0.25) is 0 Å². The van der Waals surface area contributed by atoms with Crippen LogP contribution in [0.2, 0.25) is 0 Å². The molecule has 0 atom stereocenters. The number of hydrogen-bond donors (Lipinski definition) is 0. The van der Waals surface area contributed by atoms with E-state index in [-0.39, 0.29) is 0 Å². The Morgan fingerprint density at radius 3 is 1.38 bits per heavy atom. The van der Waals surface area contributed by atoms with E-state index < -0.39 is 0 Å². The van der Waals surface area contributed by atoms with E-state index in [0.29, 0.717) is 0 Å². The zero-order valence-electron chi connectivity index (χ0n) is 31.2. The summed E-state index contributed by atoms with van der Waals surface area (Å²) < 4.78 is 10.2. The first-order chi connectivity index (χ1) is 28.7. The highest BCUT2D eigenvalue weighted by Crippen LogP contribution is 2.41. The van der Waals surface area contributed by atoms with Crippen LogP contribution >= 0.6 is 22.7 Å². The minimum absolute atomic E-state index is 1.16. The molecule has 2 nitrogen and oxygen atoms in total. The first-order valence-corrected chi connectivity index (χ1v) is 21.4. The second-order valence-corrected chi connectivity index (χ2v) is 17.5. The number of thiophene rings is 2. The zero-order chi connectivity index (χ0) is 37.9. The zero-order valence-corrected chi connectivity index (χ0v) is 32.8. The molecule has 0 amide bonds. The van der Waals surface area contributed by atoms with Crippen LogP contribution in [-0.4, -0.2) is 9.13 Å². The van der Waals surface area contributed by atoms with Crippen LogP contribution in [-0.2, 0) is 0 Å². The molecule has 4 heterocycles. The van der Waals surface area contributed by atoms with Gasteiger partial charge >= 0.3 is 0 Å². The molecule has 0 aliphatic heterocycles. The van der Waals surface area contributed by atoms with E-state index >= 15 is 0 Å². The first-order valence-electron chi connectivity index (χ1n) is 19.7. The molecule has 0 unspecified atom stereocenters. The molecule has 0 saturated heterocycles. The summed E-state index contributed by atoms with van der Waals surface area (Å²) in [5.74, 6) is 0. The van der Waals surface area contributed by atoms with Gasteiger partial charge < -0.3 is 9.13 Å². The molecule has 0 radical (unpaired) electrons. The fourth-order valence-corrected chi connectivity index (χ4v) is 11.7. The van der Waals surface area contributed by atoms with Crippen LogP contribution in [0, 0.1) is 0 Å². The Kier molecular flexibility index (Phi) is 6.79. The van der Waals surface area contributed by atoms with Crippen molar-refractivity contribution < 1.29 is 0 Å². The molecule has 4 heteroatoms. The maximum absolute atomic E-state index is 2.44. The Bertz CT molecular complexity index is 3820. The van der Waals surface area contributed by atoms with Crippen LogP contribution in [0.3, 0.4) is 0 Å². The van der Waals surface area contributed by atoms with E-state index in [1.54, 1.807) is 0 Å². The number of hydrogen-bond acceptors (Lipinski definition) is 2. The molecule has 0 aliphatic carbocycles. The van der Waals surface area contributed by atoms with Gasteiger partial charge in [0.2, 0.25) is 0 Å². The summed E-state index contributed by atoms with van der Waals surface area (Å²) in [5, 5.41) is 10.3. The monoisotopic (exact) mass is 772 g/mol. The second kappa shape index (κ2) is 12.3. The van der Waals surface area contributed by atoms with Crippen molar-refractivity contribution in [3.8, 4) is 33.6 Å². The molecular weight excluding hydrogens is 741 g/mol. The Labute approximate surface area is 341 Å². The summed E-state index contributed by atoms with van der Waals surface area (Å²) >= 11 is 3.74. The smallest absolute Gasteiger partial charge is 0.0541 e. The molecule has 9 aromatic carbocycles. The third-order valence-corrected chi connectivity index (χ3v) is 14.4. The second-order valence-electron chi connectivity index (χ2n) is 15.3. The Morgan fingerprint density at radius 2 is 0.707 bits per heavy atom. The number of benzene rings is 9. The number of nitrogens with zero attached hydrogens (tertiary/aromatic N) is 2. The van der Waals surface area contributed by atoms with E-state index in [1.807, 2.05) is 22.7 Å².